The molecule has 5 rings (SSSR count). The normalized spacial score (nSPS) is 30.3. The van der Waals surface area contributed by atoms with Crippen molar-refractivity contribution in [2.75, 3.05) is 57.8 Å². The van der Waals surface area contributed by atoms with Gasteiger partial charge in [0.05, 0.1) is 5.56 Å². The number of amides is 2. The molecule has 0 N–H and O–H groups in total. The molecule has 1 aromatic rings. The number of hydrogen-bond acceptors (Lipinski definition) is 5. The molecule has 4 aliphatic heterocycles. The number of piperazine rings is 1. The molecule has 2 bridgehead atoms. The SMILES string of the molecule is CN1CCN(C(=O)c2ccc(N3CC4CC(C3)[C@H]3CCCC(=O)N3C4)nc2)CC1. The van der Waals surface area contributed by atoms with Crippen LogP contribution in [0, 0.1) is 11.8 Å². The number of anilines is 1. The number of pyridine rings is 1. The average Bonchev–Trinajstić information content (AvgIpc) is 2.75. The highest BCUT2D eigenvalue weighted by Gasteiger charge is 2.44. The fourth-order valence-electron chi connectivity index (χ4n) is 5.69. The fourth-order valence-corrected chi connectivity index (χ4v) is 5.69. The van der Waals surface area contributed by atoms with Crippen molar-refractivity contribution in [3.05, 3.63) is 23.9 Å². The summed E-state index contributed by atoms with van der Waals surface area (Å²) in [7, 11) is 2.09. The highest BCUT2D eigenvalue weighted by atomic mass is 16.2. The van der Waals surface area contributed by atoms with E-state index < -0.39 is 0 Å². The van der Waals surface area contributed by atoms with Crippen LogP contribution in [-0.2, 0) is 4.79 Å². The van der Waals surface area contributed by atoms with Gasteiger partial charge < -0.3 is 19.6 Å². The van der Waals surface area contributed by atoms with E-state index in [1.807, 2.05) is 17.0 Å². The van der Waals surface area contributed by atoms with Crippen LogP contribution < -0.4 is 4.90 Å². The van der Waals surface area contributed by atoms with Crippen LogP contribution in [0.3, 0.4) is 0 Å². The molecule has 0 spiro atoms. The monoisotopic (exact) mass is 397 g/mol. The molecule has 156 valence electrons. The van der Waals surface area contributed by atoms with Crippen LogP contribution in [0.15, 0.2) is 18.3 Å². The number of carbonyl (C=O) groups excluding carboxylic acids is 2. The van der Waals surface area contributed by atoms with E-state index in [1.165, 1.54) is 6.42 Å². The summed E-state index contributed by atoms with van der Waals surface area (Å²) in [6.07, 6.45) is 5.87. The van der Waals surface area contributed by atoms with Gasteiger partial charge in [-0.15, -0.1) is 0 Å². The summed E-state index contributed by atoms with van der Waals surface area (Å²) < 4.78 is 0. The van der Waals surface area contributed by atoms with Crippen LogP contribution in [0.25, 0.3) is 0 Å². The molecule has 5 heterocycles. The molecule has 4 fully saturated rings. The summed E-state index contributed by atoms with van der Waals surface area (Å²) in [5.41, 5.74) is 0.680. The molecule has 1 aromatic heterocycles. The van der Waals surface area contributed by atoms with Crippen molar-refractivity contribution in [1.29, 1.82) is 0 Å². The van der Waals surface area contributed by atoms with Crippen molar-refractivity contribution >= 4 is 17.6 Å². The molecule has 0 radical (unpaired) electrons. The molecular formula is C22H31N5O2. The van der Waals surface area contributed by atoms with E-state index in [2.05, 4.69) is 26.7 Å². The first kappa shape index (κ1) is 18.9. The summed E-state index contributed by atoms with van der Waals surface area (Å²) in [5.74, 6) is 2.48. The fraction of sp³-hybridized carbons (Fsp3) is 0.682. The molecule has 4 aliphatic rings. The summed E-state index contributed by atoms with van der Waals surface area (Å²) in [6, 6.07) is 4.35. The highest BCUT2D eigenvalue weighted by Crippen LogP contribution is 2.38. The molecule has 2 unspecified atom stereocenters. The van der Waals surface area contributed by atoms with Crippen LogP contribution in [0.2, 0.25) is 0 Å². The van der Waals surface area contributed by atoms with Crippen LogP contribution in [-0.4, -0.2) is 90.4 Å². The quantitative estimate of drug-likeness (QED) is 0.753. The molecule has 0 saturated carbocycles. The topological polar surface area (TPSA) is 60.0 Å². The summed E-state index contributed by atoms with van der Waals surface area (Å²) in [5, 5.41) is 0. The van der Waals surface area contributed by atoms with Gasteiger partial charge in [-0.25, -0.2) is 4.98 Å². The van der Waals surface area contributed by atoms with Gasteiger partial charge in [-0.3, -0.25) is 9.59 Å². The predicted octanol–water partition coefficient (Wildman–Crippen LogP) is 1.31. The van der Waals surface area contributed by atoms with Crippen LogP contribution in [0.4, 0.5) is 5.82 Å². The van der Waals surface area contributed by atoms with Crippen LogP contribution >= 0.6 is 0 Å². The zero-order valence-electron chi connectivity index (χ0n) is 17.3. The number of rotatable bonds is 2. The third kappa shape index (κ3) is 3.61. The number of fused-ring (bicyclic) bond motifs is 4. The van der Waals surface area contributed by atoms with Gasteiger partial charge in [0.15, 0.2) is 0 Å². The minimum atomic E-state index is 0.0871. The lowest BCUT2D eigenvalue weighted by atomic mass is 9.76. The smallest absolute Gasteiger partial charge is 0.255 e. The van der Waals surface area contributed by atoms with Gasteiger partial charge in [0.1, 0.15) is 5.82 Å². The molecule has 2 amide bonds. The van der Waals surface area contributed by atoms with Gasteiger partial charge in [0, 0.05) is 64.5 Å². The van der Waals surface area contributed by atoms with Crippen molar-refractivity contribution < 1.29 is 9.59 Å². The van der Waals surface area contributed by atoms with Gasteiger partial charge in [0.25, 0.3) is 5.91 Å². The molecule has 7 heteroatoms. The minimum Gasteiger partial charge on any atom is -0.356 e. The average molecular weight is 398 g/mol. The number of piperidine rings is 3. The number of hydrogen-bond donors (Lipinski definition) is 0. The summed E-state index contributed by atoms with van der Waals surface area (Å²) in [6.45, 7) is 6.22. The molecular weight excluding hydrogens is 366 g/mol. The van der Waals surface area contributed by atoms with Crippen molar-refractivity contribution in [3.63, 3.8) is 0 Å². The van der Waals surface area contributed by atoms with E-state index in [0.717, 1.165) is 70.9 Å². The second-order valence-corrected chi connectivity index (χ2v) is 9.27. The Bertz CT molecular complexity index is 774. The van der Waals surface area contributed by atoms with Gasteiger partial charge in [-0.2, -0.15) is 0 Å². The van der Waals surface area contributed by atoms with Crippen LogP contribution in [0.1, 0.15) is 36.0 Å². The van der Waals surface area contributed by atoms with E-state index in [4.69, 9.17) is 0 Å². The second kappa shape index (κ2) is 7.59. The molecule has 3 atom stereocenters. The first-order valence-electron chi connectivity index (χ1n) is 11.1. The van der Waals surface area contributed by atoms with Crippen molar-refractivity contribution in [2.24, 2.45) is 11.8 Å². The Kier molecular flexibility index (Phi) is 4.94. The van der Waals surface area contributed by atoms with E-state index in [9.17, 15) is 9.59 Å². The lowest BCUT2D eigenvalue weighted by Gasteiger charge is -2.52. The molecule has 7 nitrogen and oxygen atoms in total. The Labute approximate surface area is 172 Å². The summed E-state index contributed by atoms with van der Waals surface area (Å²) >= 11 is 0. The van der Waals surface area contributed by atoms with Crippen molar-refractivity contribution in [2.45, 2.75) is 31.7 Å². The van der Waals surface area contributed by atoms with E-state index in [-0.39, 0.29) is 5.91 Å². The number of nitrogens with zero attached hydrogens (tertiary/aromatic N) is 5. The van der Waals surface area contributed by atoms with Crippen molar-refractivity contribution in [1.82, 2.24) is 19.7 Å². The maximum Gasteiger partial charge on any atom is 0.255 e. The highest BCUT2D eigenvalue weighted by molar-refractivity contribution is 5.94. The molecule has 0 aliphatic carbocycles. The van der Waals surface area contributed by atoms with Gasteiger partial charge in [-0.05, 0) is 50.3 Å². The third-order valence-corrected chi connectivity index (χ3v) is 7.29. The van der Waals surface area contributed by atoms with E-state index in [0.29, 0.717) is 29.3 Å². The number of aromatic nitrogens is 1. The van der Waals surface area contributed by atoms with Crippen molar-refractivity contribution in [3.8, 4) is 0 Å². The zero-order chi connectivity index (χ0) is 20.0. The van der Waals surface area contributed by atoms with Gasteiger partial charge in [-0.1, -0.05) is 0 Å². The van der Waals surface area contributed by atoms with E-state index in [1.54, 1.807) is 6.20 Å². The standard InChI is InChI=1S/C22H31N5O2/c1-24-7-9-25(10-8-24)22(29)17-5-6-20(23-12-17)26-13-16-11-18(15-26)19-3-2-4-21(28)27(19)14-16/h5-6,12,16,18-19H,2-4,7-11,13-15H2,1H3/t16?,18?,19-/m1/s1. The molecule has 29 heavy (non-hydrogen) atoms. The number of likely N-dealkylation sites (N-methyl/N-ethyl adjacent to an activating group) is 1. The Morgan fingerprint density at radius 2 is 1.93 bits per heavy atom. The lowest BCUT2D eigenvalue weighted by molar-refractivity contribution is -0.142. The minimum absolute atomic E-state index is 0.0871. The molecule has 4 saturated heterocycles. The third-order valence-electron chi connectivity index (χ3n) is 7.29. The maximum absolute atomic E-state index is 12.8. The predicted molar refractivity (Wildman–Crippen MR) is 111 cm³/mol. The summed E-state index contributed by atoms with van der Waals surface area (Å²) in [4.78, 5) is 38.5. The van der Waals surface area contributed by atoms with E-state index >= 15 is 0 Å². The maximum atomic E-state index is 12.8. The first-order chi connectivity index (χ1) is 14.1. The first-order valence-corrected chi connectivity index (χ1v) is 11.1. The zero-order valence-corrected chi connectivity index (χ0v) is 17.3. The van der Waals surface area contributed by atoms with Gasteiger partial charge in [0.2, 0.25) is 5.91 Å². The Balaban J connectivity index is 1.26. The molecule has 0 aromatic carbocycles. The van der Waals surface area contributed by atoms with Crippen LogP contribution in [0.5, 0.6) is 0 Å². The Morgan fingerprint density at radius 1 is 1.10 bits per heavy atom. The van der Waals surface area contributed by atoms with Gasteiger partial charge >= 0.3 is 0 Å². The largest absolute Gasteiger partial charge is 0.356 e. The Hall–Kier alpha value is -2.15. The second-order valence-electron chi connectivity index (χ2n) is 9.27. The number of carbonyl (C=O) groups is 2. The lowest BCUT2D eigenvalue weighted by Crippen LogP contribution is -2.60. The Morgan fingerprint density at radius 3 is 2.69 bits per heavy atom.